The molecule has 68 valence electrons. The Bertz CT molecular complexity index is 90.1. The molecule has 1 rings (SSSR count). The van der Waals surface area contributed by atoms with E-state index in [-0.39, 0.29) is 12.4 Å². The van der Waals surface area contributed by atoms with Gasteiger partial charge >= 0.3 is 0 Å². The highest BCUT2D eigenvalue weighted by atomic mass is 35.5. The Kier molecular flexibility index (Phi) is 5.92. The molecule has 0 unspecified atom stereocenters. The van der Waals surface area contributed by atoms with Gasteiger partial charge in [-0.05, 0) is 32.7 Å². The van der Waals surface area contributed by atoms with Crippen molar-refractivity contribution in [2.75, 3.05) is 14.2 Å². The van der Waals surface area contributed by atoms with Gasteiger partial charge in [-0.3, -0.25) is 0 Å². The van der Waals surface area contributed by atoms with E-state index in [1.807, 2.05) is 14.2 Å². The van der Waals surface area contributed by atoms with Gasteiger partial charge in [0.2, 0.25) is 0 Å². The van der Waals surface area contributed by atoms with Crippen molar-refractivity contribution in [2.24, 2.45) is 0 Å². The van der Waals surface area contributed by atoms with Crippen LogP contribution in [0.15, 0.2) is 0 Å². The van der Waals surface area contributed by atoms with E-state index in [1.54, 1.807) is 0 Å². The Balaban J connectivity index is 0.000001000. The first-order valence-corrected chi connectivity index (χ1v) is 4.07. The van der Waals surface area contributed by atoms with Crippen molar-refractivity contribution in [1.82, 2.24) is 5.32 Å². The number of hydrogen-bond acceptors (Lipinski definition) is 2. The average Bonchev–Trinajstić information content (AvgIpc) is 2.05. The first kappa shape index (κ1) is 11.2. The van der Waals surface area contributed by atoms with Gasteiger partial charge in [0.25, 0.3) is 0 Å². The van der Waals surface area contributed by atoms with Crippen LogP contribution in [0.3, 0.4) is 0 Å². The summed E-state index contributed by atoms with van der Waals surface area (Å²) in [6.45, 7) is 0. The summed E-state index contributed by atoms with van der Waals surface area (Å²) in [5, 5.41) is 3.29. The van der Waals surface area contributed by atoms with Crippen molar-refractivity contribution >= 4 is 12.4 Å². The van der Waals surface area contributed by atoms with Crippen molar-refractivity contribution in [3.63, 3.8) is 0 Å². The lowest BCUT2D eigenvalue weighted by Crippen LogP contribution is -2.34. The largest absolute Gasteiger partial charge is 0.381 e. The molecule has 11 heavy (non-hydrogen) atoms. The van der Waals surface area contributed by atoms with Gasteiger partial charge in [-0.25, -0.2) is 0 Å². The summed E-state index contributed by atoms with van der Waals surface area (Å²) in [6.07, 6.45) is 5.56. The van der Waals surface area contributed by atoms with Gasteiger partial charge < -0.3 is 10.1 Å². The lowest BCUT2D eigenvalue weighted by Gasteiger charge is -2.27. The van der Waals surface area contributed by atoms with Crippen LogP contribution in [0, 0.1) is 0 Å². The number of hydrogen-bond donors (Lipinski definition) is 1. The Morgan fingerprint density at radius 1 is 1.36 bits per heavy atom. The number of rotatable bonds is 2. The van der Waals surface area contributed by atoms with E-state index in [0.29, 0.717) is 12.1 Å². The second-order valence-electron chi connectivity index (χ2n) is 3.01. The molecule has 1 N–H and O–H groups in total. The van der Waals surface area contributed by atoms with Gasteiger partial charge in [0.15, 0.2) is 0 Å². The van der Waals surface area contributed by atoms with Gasteiger partial charge in [-0.2, -0.15) is 0 Å². The molecule has 0 aromatic rings. The second kappa shape index (κ2) is 5.81. The zero-order valence-corrected chi connectivity index (χ0v) is 8.12. The van der Waals surface area contributed by atoms with E-state index in [4.69, 9.17) is 4.74 Å². The molecule has 0 heterocycles. The maximum absolute atomic E-state index is 5.28. The molecular weight excluding hydrogens is 162 g/mol. The SMILES string of the molecule is CN[C@H]1CCC[C@H](OC)C1.Cl. The predicted molar refractivity (Wildman–Crippen MR) is 49.4 cm³/mol. The quantitative estimate of drug-likeness (QED) is 0.695. The minimum atomic E-state index is 0. The highest BCUT2D eigenvalue weighted by Gasteiger charge is 2.19. The van der Waals surface area contributed by atoms with Crippen LogP contribution in [0.25, 0.3) is 0 Å². The zero-order valence-electron chi connectivity index (χ0n) is 7.30. The number of methoxy groups -OCH3 is 1. The molecule has 1 saturated carbocycles. The van der Waals surface area contributed by atoms with E-state index in [9.17, 15) is 0 Å². The molecule has 0 aliphatic heterocycles. The third-order valence-electron chi connectivity index (χ3n) is 2.37. The number of halogens is 1. The molecule has 0 spiro atoms. The van der Waals surface area contributed by atoms with E-state index in [1.165, 1.54) is 25.7 Å². The standard InChI is InChI=1S/C8H17NO.ClH/c1-9-7-4-3-5-8(6-7)10-2;/h7-9H,3-6H2,1-2H3;1H/t7-,8-;/m0./s1. The fourth-order valence-electron chi connectivity index (χ4n) is 1.62. The van der Waals surface area contributed by atoms with E-state index >= 15 is 0 Å². The third kappa shape index (κ3) is 3.41. The molecule has 1 aliphatic carbocycles. The van der Waals surface area contributed by atoms with Crippen molar-refractivity contribution in [2.45, 2.75) is 37.8 Å². The molecule has 1 fully saturated rings. The topological polar surface area (TPSA) is 21.3 Å². The Morgan fingerprint density at radius 3 is 2.64 bits per heavy atom. The van der Waals surface area contributed by atoms with E-state index < -0.39 is 0 Å². The maximum Gasteiger partial charge on any atom is 0.0586 e. The molecule has 2 atom stereocenters. The smallest absolute Gasteiger partial charge is 0.0586 e. The van der Waals surface area contributed by atoms with Crippen LogP contribution in [-0.2, 0) is 4.74 Å². The summed E-state index contributed by atoms with van der Waals surface area (Å²) in [4.78, 5) is 0. The molecule has 3 heteroatoms. The lowest BCUT2D eigenvalue weighted by molar-refractivity contribution is 0.0601. The summed E-state index contributed by atoms with van der Waals surface area (Å²) < 4.78 is 5.28. The van der Waals surface area contributed by atoms with Crippen LogP contribution in [0.5, 0.6) is 0 Å². The Hall–Kier alpha value is 0.210. The van der Waals surface area contributed by atoms with Crippen molar-refractivity contribution in [3.8, 4) is 0 Å². The van der Waals surface area contributed by atoms with E-state index in [2.05, 4.69) is 5.32 Å². The predicted octanol–water partition coefficient (Wildman–Crippen LogP) is 1.59. The van der Waals surface area contributed by atoms with Crippen molar-refractivity contribution < 1.29 is 4.74 Å². The van der Waals surface area contributed by atoms with Gasteiger partial charge in [0, 0.05) is 13.2 Å². The molecule has 0 amide bonds. The number of ether oxygens (including phenoxy) is 1. The highest BCUT2D eigenvalue weighted by molar-refractivity contribution is 5.85. The fraction of sp³-hybridized carbons (Fsp3) is 1.00. The van der Waals surface area contributed by atoms with Crippen LogP contribution in [0.1, 0.15) is 25.7 Å². The summed E-state index contributed by atoms with van der Waals surface area (Å²) in [7, 11) is 3.84. The monoisotopic (exact) mass is 179 g/mol. The van der Waals surface area contributed by atoms with Crippen LogP contribution >= 0.6 is 12.4 Å². The summed E-state index contributed by atoms with van der Waals surface area (Å²) >= 11 is 0. The van der Waals surface area contributed by atoms with Gasteiger partial charge in [-0.15, -0.1) is 12.4 Å². The first-order valence-electron chi connectivity index (χ1n) is 4.07. The van der Waals surface area contributed by atoms with Crippen LogP contribution in [0.4, 0.5) is 0 Å². The lowest BCUT2D eigenvalue weighted by atomic mass is 9.93. The molecule has 0 bridgehead atoms. The average molecular weight is 180 g/mol. The molecule has 2 nitrogen and oxygen atoms in total. The van der Waals surface area contributed by atoms with Gasteiger partial charge in [0.05, 0.1) is 6.10 Å². The second-order valence-corrected chi connectivity index (χ2v) is 3.01. The minimum absolute atomic E-state index is 0. The maximum atomic E-state index is 5.28. The summed E-state index contributed by atoms with van der Waals surface area (Å²) in [5.41, 5.74) is 0. The summed E-state index contributed by atoms with van der Waals surface area (Å²) in [5.74, 6) is 0. The van der Waals surface area contributed by atoms with E-state index in [0.717, 1.165) is 0 Å². The van der Waals surface area contributed by atoms with Crippen LogP contribution in [-0.4, -0.2) is 26.3 Å². The normalized spacial score (nSPS) is 31.1. The summed E-state index contributed by atoms with van der Waals surface area (Å²) in [6, 6.07) is 0.693. The zero-order chi connectivity index (χ0) is 7.40. The van der Waals surface area contributed by atoms with Crippen molar-refractivity contribution in [1.29, 1.82) is 0 Å². The van der Waals surface area contributed by atoms with Crippen LogP contribution < -0.4 is 5.32 Å². The minimum Gasteiger partial charge on any atom is -0.381 e. The number of nitrogens with one attached hydrogen (secondary N) is 1. The fourth-order valence-corrected chi connectivity index (χ4v) is 1.62. The van der Waals surface area contributed by atoms with Gasteiger partial charge in [-0.1, -0.05) is 0 Å². The Morgan fingerprint density at radius 2 is 2.09 bits per heavy atom. The first-order chi connectivity index (χ1) is 4.86. The molecule has 0 aromatic carbocycles. The highest BCUT2D eigenvalue weighted by Crippen LogP contribution is 2.19. The molecule has 0 saturated heterocycles. The molecule has 0 aromatic heterocycles. The third-order valence-corrected chi connectivity index (χ3v) is 2.37. The van der Waals surface area contributed by atoms with Crippen LogP contribution in [0.2, 0.25) is 0 Å². The molecular formula is C8H18ClNO. The Labute approximate surface area is 75.1 Å². The van der Waals surface area contributed by atoms with Crippen molar-refractivity contribution in [3.05, 3.63) is 0 Å². The molecule has 0 radical (unpaired) electrons. The van der Waals surface area contributed by atoms with Gasteiger partial charge in [0.1, 0.15) is 0 Å². The molecule has 1 aliphatic rings.